The van der Waals surface area contributed by atoms with Gasteiger partial charge in [0.2, 0.25) is 27.2 Å². The average molecular weight is 1070 g/mol. The third-order valence-electron chi connectivity index (χ3n) is 9.03. The van der Waals surface area contributed by atoms with E-state index in [9.17, 15) is 47.5 Å². The zero-order valence-corrected chi connectivity index (χ0v) is 41.9. The van der Waals surface area contributed by atoms with E-state index >= 15 is 0 Å². The molecule has 4 rings (SSSR count). The predicted octanol–water partition coefficient (Wildman–Crippen LogP) is 4.74. The van der Waals surface area contributed by atoms with Gasteiger partial charge in [0.05, 0.1) is 25.4 Å². The molecule has 2 aromatic rings. The second-order valence-corrected chi connectivity index (χ2v) is 19.0. The molecule has 2 aliphatic heterocycles. The lowest BCUT2D eigenvalue weighted by Gasteiger charge is -2.21. The number of H-pyrrole nitrogens is 2. The topological polar surface area (TPSA) is 360 Å². The molecular formula is C40H56N4O26P2. The first kappa shape index (κ1) is 58.6. The number of carbonyl (C=O) groups is 4. The van der Waals surface area contributed by atoms with Crippen molar-refractivity contribution in [1.82, 2.24) is 19.1 Å². The molecule has 8 atom stereocenters. The number of nitrogens with zero attached hydrogens (tertiary/aromatic N) is 2. The van der Waals surface area contributed by atoms with Crippen molar-refractivity contribution in [2.24, 2.45) is 0 Å². The number of aromatic amines is 2. The van der Waals surface area contributed by atoms with E-state index in [1.165, 1.54) is 64.4 Å². The van der Waals surface area contributed by atoms with Crippen LogP contribution in [0.1, 0.15) is 78.0 Å². The zero-order chi connectivity index (χ0) is 53.2. The summed E-state index contributed by atoms with van der Waals surface area (Å²) in [6, 6.07) is 0. The first-order valence-corrected chi connectivity index (χ1v) is 24.6. The maximum absolute atomic E-state index is 13.5. The number of phosphoric ester groups is 2. The summed E-state index contributed by atoms with van der Waals surface area (Å²) in [4.78, 5) is 101. The summed E-state index contributed by atoms with van der Waals surface area (Å²) < 4.78 is 111. The highest BCUT2D eigenvalue weighted by atomic mass is 31.2. The third-order valence-corrected chi connectivity index (χ3v) is 11.6. The van der Waals surface area contributed by atoms with Crippen LogP contribution in [0, 0.1) is 13.8 Å². The average Bonchev–Trinajstić information content (AvgIpc) is 3.97. The summed E-state index contributed by atoms with van der Waals surface area (Å²) in [6.45, 7) is 7.00. The molecule has 0 saturated heterocycles. The zero-order valence-electron chi connectivity index (χ0n) is 40.1. The van der Waals surface area contributed by atoms with Crippen molar-refractivity contribution in [3.8, 4) is 0 Å². The van der Waals surface area contributed by atoms with Crippen LogP contribution in [0.25, 0.3) is 0 Å². The molecule has 2 N–H and O–H groups in total. The second-order valence-electron chi connectivity index (χ2n) is 15.7. The molecule has 4 unspecified atom stereocenters. The van der Waals surface area contributed by atoms with Gasteiger partial charge in [0.1, 0.15) is 24.4 Å². The van der Waals surface area contributed by atoms with Gasteiger partial charge in [-0.2, -0.15) is 0 Å². The highest BCUT2D eigenvalue weighted by molar-refractivity contribution is 7.48. The van der Waals surface area contributed by atoms with Crippen LogP contribution in [-0.2, 0) is 83.6 Å². The minimum Gasteiger partial charge on any atom is -0.432 e. The lowest BCUT2D eigenvalue weighted by molar-refractivity contribution is -0.0609. The van der Waals surface area contributed by atoms with Gasteiger partial charge in [-0.1, -0.05) is 12.2 Å². The SMILES string of the molecule is Cc1cn([C@@H]2C=C[C@H](COP(=O)(OCOC(=O)OC(C)C)OCOC(=O)OC(C)CCC(C)OC(=O)OCOP(=O)(OCOC(=O)OC(C)C)OC[C@@H]3C=C[C@H](n4cc(C)c(=O)[nH]c4=O)O3)O2)c(=O)[nH]c1=O. The number of carbonyl (C=O) groups excluding carboxylic acids is 4. The van der Waals surface area contributed by atoms with Gasteiger partial charge in [-0.3, -0.25) is 37.7 Å². The van der Waals surface area contributed by atoms with Crippen LogP contribution in [0.15, 0.2) is 55.9 Å². The summed E-state index contributed by atoms with van der Waals surface area (Å²) in [6.07, 6.45) is -2.96. The number of rotatable bonds is 27. The number of ether oxygens (including phenoxy) is 10. The van der Waals surface area contributed by atoms with Crippen LogP contribution in [-0.4, -0.2) is 121 Å². The van der Waals surface area contributed by atoms with Crippen molar-refractivity contribution in [3.05, 3.63) is 89.5 Å². The summed E-state index contributed by atoms with van der Waals surface area (Å²) >= 11 is 0. The maximum atomic E-state index is 13.5. The van der Waals surface area contributed by atoms with E-state index in [0.29, 0.717) is 0 Å². The van der Waals surface area contributed by atoms with Gasteiger partial charge >= 0.3 is 51.6 Å². The standard InChI is InChI=1S/C40H56N4O26P2/c1-23(2)65-37(49)55-19-61-71(53,59-17-29-11-13-31(69-29)43-15-25(5)33(45)41-35(43)47)63-21-57-39(51)67-27(7)9-10-28(8)68-40(52)58-22-64-72(54,62-20-56-38(50)66-24(3)4)60-18-30-12-14-32(70-30)44-16-26(6)34(46)42-36(44)48/h11-16,23-24,27-32H,9-10,17-22H2,1-8H3,(H,41,45,47)(H,42,46,48)/t27?,28?,29-,30+,31+,32-,71?,72?. The molecule has 0 saturated carbocycles. The highest BCUT2D eigenvalue weighted by Gasteiger charge is 2.34. The molecule has 0 aliphatic carbocycles. The van der Waals surface area contributed by atoms with Crippen LogP contribution < -0.4 is 22.5 Å². The van der Waals surface area contributed by atoms with Crippen LogP contribution in [0.5, 0.6) is 0 Å². The minimum atomic E-state index is -4.70. The number of hydrogen-bond donors (Lipinski definition) is 2. The van der Waals surface area contributed by atoms with Gasteiger partial charge in [0, 0.05) is 23.5 Å². The normalized spacial score (nSPS) is 19.8. The lowest BCUT2D eigenvalue weighted by Crippen LogP contribution is -2.33. The summed E-state index contributed by atoms with van der Waals surface area (Å²) in [5.41, 5.74) is -2.18. The molecule has 0 amide bonds. The third kappa shape index (κ3) is 19.9. The van der Waals surface area contributed by atoms with Gasteiger partial charge in [0.15, 0.2) is 12.5 Å². The Balaban J connectivity index is 1.20. The Morgan fingerprint density at radius 2 is 0.847 bits per heavy atom. The minimum absolute atomic E-state index is 0.0845. The molecule has 72 heavy (non-hydrogen) atoms. The fraction of sp³-hybridized carbons (Fsp3) is 0.600. The number of aromatic nitrogens is 4. The van der Waals surface area contributed by atoms with Crippen LogP contribution in [0.4, 0.5) is 19.2 Å². The van der Waals surface area contributed by atoms with Crippen molar-refractivity contribution in [1.29, 1.82) is 0 Å². The Labute approximate surface area is 408 Å². The number of phosphoric acid groups is 2. The molecular weight excluding hydrogens is 1010 g/mol. The Bertz CT molecular complexity index is 2400. The molecule has 0 spiro atoms. The van der Waals surface area contributed by atoms with Gasteiger partial charge in [0.25, 0.3) is 11.1 Å². The molecule has 0 aromatic carbocycles. The van der Waals surface area contributed by atoms with E-state index in [2.05, 4.69) is 9.97 Å². The van der Waals surface area contributed by atoms with Crippen molar-refractivity contribution < 1.29 is 103 Å². The summed E-state index contributed by atoms with van der Waals surface area (Å²) in [5, 5.41) is 0. The molecule has 2 aromatic heterocycles. The first-order valence-electron chi connectivity index (χ1n) is 21.7. The quantitative estimate of drug-likeness (QED) is 0.0401. The lowest BCUT2D eigenvalue weighted by atomic mass is 10.1. The number of aryl methyl sites for hydroxylation is 2. The Morgan fingerprint density at radius 3 is 1.17 bits per heavy atom. The fourth-order valence-corrected chi connectivity index (χ4v) is 7.41. The largest absolute Gasteiger partial charge is 0.510 e. The first-order chi connectivity index (χ1) is 33.9. The van der Waals surface area contributed by atoms with Crippen molar-refractivity contribution in [2.45, 2.75) is 117 Å². The Hall–Kier alpha value is -5.94. The fourth-order valence-electron chi connectivity index (χ4n) is 5.58. The molecule has 0 bridgehead atoms. The number of nitrogens with one attached hydrogen (secondary N) is 2. The second kappa shape index (κ2) is 27.8. The van der Waals surface area contributed by atoms with Crippen molar-refractivity contribution in [2.75, 3.05) is 40.4 Å². The van der Waals surface area contributed by atoms with E-state index in [1.54, 1.807) is 27.7 Å². The van der Waals surface area contributed by atoms with E-state index in [-0.39, 0.29) is 24.0 Å². The Morgan fingerprint density at radius 1 is 0.528 bits per heavy atom. The molecule has 32 heteroatoms. The monoisotopic (exact) mass is 1070 g/mol. The Kier molecular flexibility index (Phi) is 22.6. The van der Waals surface area contributed by atoms with Crippen molar-refractivity contribution in [3.63, 3.8) is 0 Å². The van der Waals surface area contributed by atoms with Crippen LogP contribution >= 0.6 is 15.6 Å². The van der Waals surface area contributed by atoms with Crippen molar-refractivity contribution >= 4 is 40.3 Å². The molecule has 30 nitrogen and oxygen atoms in total. The van der Waals surface area contributed by atoms with Crippen LogP contribution in [0.3, 0.4) is 0 Å². The summed E-state index contributed by atoms with van der Waals surface area (Å²) in [5.74, 6) is 0. The predicted molar refractivity (Wildman–Crippen MR) is 238 cm³/mol. The molecule has 2 aliphatic rings. The van der Waals surface area contributed by atoms with E-state index in [4.69, 9.17) is 74.5 Å². The van der Waals surface area contributed by atoms with Crippen LogP contribution in [0.2, 0.25) is 0 Å². The maximum Gasteiger partial charge on any atom is 0.510 e. The molecule has 4 heterocycles. The van der Waals surface area contributed by atoms with E-state index in [1.807, 2.05) is 0 Å². The molecule has 402 valence electrons. The number of hydrogen-bond acceptors (Lipinski definition) is 26. The highest BCUT2D eigenvalue weighted by Crippen LogP contribution is 2.51. The summed E-state index contributed by atoms with van der Waals surface area (Å²) in [7, 11) is -9.41. The van der Waals surface area contributed by atoms with Gasteiger partial charge in [-0.15, -0.1) is 0 Å². The van der Waals surface area contributed by atoms with E-state index < -0.39 is 152 Å². The molecule has 0 radical (unpaired) electrons. The van der Waals surface area contributed by atoms with Gasteiger partial charge < -0.3 is 47.4 Å². The molecule has 0 fully saturated rings. The van der Waals surface area contributed by atoms with Gasteiger partial charge in [-0.05, 0) is 80.4 Å². The van der Waals surface area contributed by atoms with Gasteiger partial charge in [-0.25, -0.2) is 56.0 Å². The smallest absolute Gasteiger partial charge is 0.432 e. The van der Waals surface area contributed by atoms with E-state index in [0.717, 1.165) is 9.13 Å².